The lowest BCUT2D eigenvalue weighted by Gasteiger charge is -2.31. The quantitative estimate of drug-likeness (QED) is 0.314. The Bertz CT molecular complexity index is 381. The summed E-state index contributed by atoms with van der Waals surface area (Å²) in [5.74, 6) is 0.738. The van der Waals surface area contributed by atoms with Crippen molar-refractivity contribution in [3.8, 4) is 0 Å². The fraction of sp³-hybridized carbons (Fsp3) is 0.909. The molecule has 3 N–H and O–H groups in total. The van der Waals surface area contributed by atoms with E-state index >= 15 is 0 Å². The summed E-state index contributed by atoms with van der Waals surface area (Å²) in [5.41, 5.74) is 5.59. The van der Waals surface area contributed by atoms with Crippen LogP contribution in [0.3, 0.4) is 0 Å². The summed E-state index contributed by atoms with van der Waals surface area (Å²) in [5, 5.41) is 11.7. The summed E-state index contributed by atoms with van der Waals surface area (Å²) in [4.78, 5) is 2.08. The van der Waals surface area contributed by atoms with Crippen molar-refractivity contribution in [3.63, 3.8) is 0 Å². The number of oxime groups is 1. The molecule has 1 aliphatic rings. The van der Waals surface area contributed by atoms with E-state index in [2.05, 4.69) is 10.1 Å². The lowest BCUT2D eigenvalue weighted by atomic mass is 9.97. The van der Waals surface area contributed by atoms with Crippen molar-refractivity contribution in [3.05, 3.63) is 0 Å². The SMILES string of the molecule is CCCS(=O)(=O)CCN1CCCC(C(N)=NO)C1. The van der Waals surface area contributed by atoms with E-state index in [9.17, 15) is 8.42 Å². The second-order valence-corrected chi connectivity index (χ2v) is 7.12. The van der Waals surface area contributed by atoms with Crippen molar-refractivity contribution in [2.45, 2.75) is 26.2 Å². The first-order valence-corrected chi connectivity index (χ1v) is 8.21. The summed E-state index contributed by atoms with van der Waals surface area (Å²) >= 11 is 0. The average molecular weight is 277 g/mol. The number of rotatable bonds is 6. The molecule has 18 heavy (non-hydrogen) atoms. The summed E-state index contributed by atoms with van der Waals surface area (Å²) in [6, 6.07) is 0. The van der Waals surface area contributed by atoms with Crippen LogP contribution in [0.25, 0.3) is 0 Å². The van der Waals surface area contributed by atoms with Crippen molar-refractivity contribution >= 4 is 15.7 Å². The lowest BCUT2D eigenvalue weighted by molar-refractivity contribution is 0.210. The molecule has 0 bridgehead atoms. The Labute approximate surface area is 109 Å². The third kappa shape index (κ3) is 4.81. The summed E-state index contributed by atoms with van der Waals surface area (Å²) in [6.45, 7) is 3.97. The van der Waals surface area contributed by atoms with Crippen molar-refractivity contribution < 1.29 is 13.6 Å². The average Bonchev–Trinajstić information content (AvgIpc) is 2.36. The standard InChI is InChI=1S/C11H23N3O3S/c1-2-7-18(16,17)8-6-14-5-3-4-10(9-14)11(12)13-15/h10,15H,2-9H2,1H3,(H2,12,13). The monoisotopic (exact) mass is 277 g/mol. The molecule has 0 spiro atoms. The molecule has 0 aromatic heterocycles. The van der Waals surface area contributed by atoms with Crippen LogP contribution in [0.5, 0.6) is 0 Å². The smallest absolute Gasteiger partial charge is 0.151 e. The number of hydrogen-bond acceptors (Lipinski definition) is 5. The van der Waals surface area contributed by atoms with Gasteiger partial charge in [0.1, 0.15) is 5.84 Å². The minimum Gasteiger partial charge on any atom is -0.409 e. The first-order chi connectivity index (χ1) is 8.48. The molecule has 1 atom stereocenters. The fourth-order valence-electron chi connectivity index (χ4n) is 2.26. The third-order valence-corrected chi connectivity index (χ3v) is 5.11. The number of likely N-dealkylation sites (tertiary alicyclic amines) is 1. The molecular formula is C11H23N3O3S. The van der Waals surface area contributed by atoms with Gasteiger partial charge in [0, 0.05) is 24.8 Å². The highest BCUT2D eigenvalue weighted by atomic mass is 32.2. The maximum atomic E-state index is 11.6. The van der Waals surface area contributed by atoms with Crippen LogP contribution in [0.2, 0.25) is 0 Å². The molecule has 6 nitrogen and oxygen atoms in total. The predicted octanol–water partition coefficient (Wildman–Crippen LogP) is 0.270. The van der Waals surface area contributed by atoms with Crippen molar-refractivity contribution in [1.82, 2.24) is 4.90 Å². The van der Waals surface area contributed by atoms with E-state index in [1.807, 2.05) is 6.92 Å². The Kier molecular flexibility index (Phi) is 5.87. The van der Waals surface area contributed by atoms with Crippen LogP contribution in [0, 0.1) is 5.92 Å². The molecule has 0 radical (unpaired) electrons. The topological polar surface area (TPSA) is 96.0 Å². The molecule has 0 saturated carbocycles. The molecule has 106 valence electrons. The number of piperidine rings is 1. The Morgan fingerprint density at radius 1 is 1.50 bits per heavy atom. The highest BCUT2D eigenvalue weighted by Crippen LogP contribution is 2.16. The van der Waals surface area contributed by atoms with Crippen molar-refractivity contribution in [1.29, 1.82) is 0 Å². The van der Waals surface area contributed by atoms with E-state index in [4.69, 9.17) is 10.9 Å². The molecule has 1 saturated heterocycles. The van der Waals surface area contributed by atoms with Crippen LogP contribution >= 0.6 is 0 Å². The van der Waals surface area contributed by atoms with Gasteiger partial charge in [-0.05, 0) is 25.8 Å². The van der Waals surface area contributed by atoms with E-state index in [0.717, 1.165) is 19.4 Å². The zero-order valence-corrected chi connectivity index (χ0v) is 11.7. The molecule has 1 fully saturated rings. The Hall–Kier alpha value is -0.820. The van der Waals surface area contributed by atoms with Gasteiger partial charge in [0.05, 0.1) is 5.75 Å². The molecule has 0 amide bonds. The minimum atomic E-state index is -2.93. The molecular weight excluding hydrogens is 254 g/mol. The summed E-state index contributed by atoms with van der Waals surface area (Å²) in [7, 11) is -2.93. The molecule has 0 aromatic rings. The summed E-state index contributed by atoms with van der Waals surface area (Å²) in [6.07, 6.45) is 2.51. The van der Waals surface area contributed by atoms with Crippen molar-refractivity contribution in [2.75, 3.05) is 31.1 Å². The van der Waals surface area contributed by atoms with E-state index < -0.39 is 9.84 Å². The highest BCUT2D eigenvalue weighted by Gasteiger charge is 2.24. The normalized spacial score (nSPS) is 23.2. The highest BCUT2D eigenvalue weighted by molar-refractivity contribution is 7.91. The zero-order valence-electron chi connectivity index (χ0n) is 10.9. The molecule has 1 aliphatic heterocycles. The second kappa shape index (κ2) is 6.94. The minimum absolute atomic E-state index is 0.0395. The van der Waals surface area contributed by atoms with Crippen LogP contribution in [0.1, 0.15) is 26.2 Å². The van der Waals surface area contributed by atoms with Crippen LogP contribution in [0.15, 0.2) is 5.16 Å². The molecule has 1 unspecified atom stereocenters. The van der Waals surface area contributed by atoms with Gasteiger partial charge in [-0.2, -0.15) is 0 Å². The summed E-state index contributed by atoms with van der Waals surface area (Å²) < 4.78 is 23.3. The van der Waals surface area contributed by atoms with E-state index in [0.29, 0.717) is 19.5 Å². The molecule has 1 heterocycles. The van der Waals surface area contributed by atoms with Gasteiger partial charge >= 0.3 is 0 Å². The maximum absolute atomic E-state index is 11.6. The lowest BCUT2D eigenvalue weighted by Crippen LogP contribution is -2.43. The second-order valence-electron chi connectivity index (χ2n) is 4.82. The number of sulfone groups is 1. The number of nitrogens with zero attached hydrogens (tertiary/aromatic N) is 2. The van der Waals surface area contributed by atoms with Gasteiger partial charge in [0.15, 0.2) is 9.84 Å². The predicted molar refractivity (Wildman–Crippen MR) is 71.5 cm³/mol. The Balaban J connectivity index is 2.44. The number of amidine groups is 1. The van der Waals surface area contributed by atoms with E-state index in [1.54, 1.807) is 0 Å². The molecule has 1 rings (SSSR count). The maximum Gasteiger partial charge on any atom is 0.151 e. The van der Waals surface area contributed by atoms with Gasteiger partial charge in [-0.1, -0.05) is 12.1 Å². The molecule has 7 heteroatoms. The zero-order chi connectivity index (χ0) is 13.6. The van der Waals surface area contributed by atoms with E-state index in [-0.39, 0.29) is 23.3 Å². The largest absolute Gasteiger partial charge is 0.409 e. The fourth-order valence-corrected chi connectivity index (χ4v) is 3.63. The van der Waals surface area contributed by atoms with Crippen LogP contribution in [-0.2, 0) is 9.84 Å². The third-order valence-electron chi connectivity index (χ3n) is 3.27. The van der Waals surface area contributed by atoms with Crippen molar-refractivity contribution in [2.24, 2.45) is 16.8 Å². The first-order valence-electron chi connectivity index (χ1n) is 6.38. The first kappa shape index (κ1) is 15.2. The molecule has 0 aliphatic carbocycles. The van der Waals surface area contributed by atoms with Gasteiger partial charge in [-0.3, -0.25) is 0 Å². The van der Waals surface area contributed by atoms with Gasteiger partial charge in [-0.25, -0.2) is 8.42 Å². The van der Waals surface area contributed by atoms with Gasteiger partial charge < -0.3 is 15.8 Å². The van der Waals surface area contributed by atoms with E-state index in [1.165, 1.54) is 0 Å². The number of hydrogen-bond donors (Lipinski definition) is 2. The number of nitrogens with two attached hydrogens (primary N) is 1. The van der Waals surface area contributed by atoms with Crippen LogP contribution in [0.4, 0.5) is 0 Å². The van der Waals surface area contributed by atoms with Gasteiger partial charge in [-0.15, -0.1) is 0 Å². The Morgan fingerprint density at radius 3 is 2.83 bits per heavy atom. The molecule has 0 aromatic carbocycles. The van der Waals surface area contributed by atoms with Gasteiger partial charge in [0.2, 0.25) is 0 Å². The van der Waals surface area contributed by atoms with Gasteiger partial charge in [0.25, 0.3) is 0 Å². The Morgan fingerprint density at radius 2 is 2.22 bits per heavy atom. The van der Waals surface area contributed by atoms with Crippen LogP contribution < -0.4 is 5.73 Å². The van der Waals surface area contributed by atoms with Crippen LogP contribution in [-0.4, -0.2) is 55.5 Å².